The Labute approximate surface area is 81.1 Å². The Morgan fingerprint density at radius 3 is 2.85 bits per heavy atom. The third-order valence-corrected chi connectivity index (χ3v) is 1.92. The normalized spacial score (nSPS) is 9.31. The number of halogens is 1. The number of phenolic OH excluding ortho intramolecular Hbond substituents is 1. The van der Waals surface area contributed by atoms with Crippen molar-refractivity contribution in [1.29, 1.82) is 5.26 Å². The van der Waals surface area contributed by atoms with Gasteiger partial charge in [-0.3, -0.25) is 0 Å². The minimum absolute atomic E-state index is 0.0207. The highest BCUT2D eigenvalue weighted by Crippen LogP contribution is 2.31. The number of hydrogen-bond donors (Lipinski definition) is 1. The first-order chi connectivity index (χ1) is 6.19. The summed E-state index contributed by atoms with van der Waals surface area (Å²) >= 11 is 5.73. The molecule has 0 fully saturated rings. The average Bonchev–Trinajstić information content (AvgIpc) is 2.10. The number of rotatable bonds is 2. The van der Waals surface area contributed by atoms with Crippen molar-refractivity contribution >= 4 is 11.6 Å². The van der Waals surface area contributed by atoms with Crippen LogP contribution in [0, 0.1) is 11.3 Å². The Morgan fingerprint density at radius 2 is 2.31 bits per heavy atom. The largest absolute Gasteiger partial charge is 0.508 e. The lowest BCUT2D eigenvalue weighted by Gasteiger charge is -2.06. The smallest absolute Gasteiger partial charge is 0.138 e. The van der Waals surface area contributed by atoms with E-state index in [0.717, 1.165) is 0 Å². The summed E-state index contributed by atoms with van der Waals surface area (Å²) in [5, 5.41) is 18.1. The minimum Gasteiger partial charge on any atom is -0.508 e. The van der Waals surface area contributed by atoms with Crippen molar-refractivity contribution in [3.63, 3.8) is 0 Å². The number of phenols is 1. The van der Waals surface area contributed by atoms with Crippen molar-refractivity contribution in [2.24, 2.45) is 0 Å². The fraction of sp³-hybridized carbons (Fsp3) is 0.222. The van der Waals surface area contributed by atoms with E-state index in [2.05, 4.69) is 0 Å². The lowest BCUT2D eigenvalue weighted by molar-refractivity contribution is 0.411. The van der Waals surface area contributed by atoms with Gasteiger partial charge in [-0.2, -0.15) is 5.26 Å². The maximum atomic E-state index is 9.35. The number of ether oxygens (including phenoxy) is 1. The van der Waals surface area contributed by atoms with Crippen LogP contribution < -0.4 is 4.74 Å². The molecule has 0 aromatic heterocycles. The van der Waals surface area contributed by atoms with Crippen molar-refractivity contribution in [3.05, 3.63) is 22.7 Å². The van der Waals surface area contributed by atoms with E-state index in [4.69, 9.17) is 21.6 Å². The van der Waals surface area contributed by atoms with Crippen molar-refractivity contribution in [2.45, 2.75) is 6.42 Å². The number of nitrogens with zero attached hydrogens (tertiary/aromatic N) is 1. The van der Waals surface area contributed by atoms with Gasteiger partial charge in [-0.15, -0.1) is 0 Å². The van der Waals surface area contributed by atoms with Crippen LogP contribution in [0.5, 0.6) is 11.5 Å². The zero-order chi connectivity index (χ0) is 9.84. The van der Waals surface area contributed by atoms with Crippen LogP contribution in [0.4, 0.5) is 0 Å². The number of benzene rings is 1. The molecule has 0 atom stereocenters. The molecule has 1 aromatic carbocycles. The first-order valence-corrected chi connectivity index (χ1v) is 3.99. The average molecular weight is 198 g/mol. The van der Waals surface area contributed by atoms with Crippen LogP contribution in [-0.2, 0) is 6.42 Å². The molecule has 0 aliphatic rings. The lowest BCUT2D eigenvalue weighted by atomic mass is 10.1. The molecular formula is C9H8ClNO2. The van der Waals surface area contributed by atoms with Crippen LogP contribution in [-0.4, -0.2) is 12.2 Å². The molecule has 13 heavy (non-hydrogen) atoms. The predicted octanol–water partition coefficient (Wildman–Crippen LogP) is 2.12. The Hall–Kier alpha value is -1.40. The molecular weight excluding hydrogens is 190 g/mol. The fourth-order valence-corrected chi connectivity index (χ4v) is 1.20. The number of methoxy groups -OCH3 is 1. The van der Waals surface area contributed by atoms with Gasteiger partial charge in [0.2, 0.25) is 0 Å². The molecule has 1 aromatic rings. The summed E-state index contributed by atoms with van der Waals surface area (Å²) in [6, 6.07) is 4.86. The van der Waals surface area contributed by atoms with Crippen molar-refractivity contribution in [3.8, 4) is 17.6 Å². The van der Waals surface area contributed by atoms with Crippen LogP contribution in [0.3, 0.4) is 0 Å². The zero-order valence-electron chi connectivity index (χ0n) is 7.04. The summed E-state index contributed by atoms with van der Waals surface area (Å²) in [4.78, 5) is 0. The number of nitriles is 1. The van der Waals surface area contributed by atoms with E-state index in [9.17, 15) is 5.11 Å². The van der Waals surface area contributed by atoms with Crippen LogP contribution in [0.2, 0.25) is 5.02 Å². The molecule has 0 heterocycles. The summed E-state index contributed by atoms with van der Waals surface area (Å²) < 4.78 is 4.93. The molecule has 0 radical (unpaired) electrons. The van der Waals surface area contributed by atoms with Gasteiger partial charge in [0.05, 0.1) is 24.6 Å². The van der Waals surface area contributed by atoms with E-state index in [1.165, 1.54) is 13.2 Å². The van der Waals surface area contributed by atoms with Crippen LogP contribution >= 0.6 is 11.6 Å². The van der Waals surface area contributed by atoms with E-state index in [-0.39, 0.29) is 12.2 Å². The maximum absolute atomic E-state index is 9.35. The standard InChI is InChI=1S/C9H8ClNO2/c1-13-9-4-6(2-3-11)8(12)5-7(9)10/h4-5,12H,2H2,1H3. The zero-order valence-corrected chi connectivity index (χ0v) is 7.80. The molecule has 68 valence electrons. The van der Waals surface area contributed by atoms with Crippen molar-refractivity contribution in [1.82, 2.24) is 0 Å². The third-order valence-electron chi connectivity index (χ3n) is 1.62. The molecule has 0 spiro atoms. The van der Waals surface area contributed by atoms with Gasteiger partial charge in [-0.05, 0) is 6.07 Å². The van der Waals surface area contributed by atoms with Gasteiger partial charge in [0.1, 0.15) is 11.5 Å². The summed E-state index contributed by atoms with van der Waals surface area (Å²) in [6.45, 7) is 0. The highest BCUT2D eigenvalue weighted by Gasteiger charge is 2.07. The van der Waals surface area contributed by atoms with Gasteiger partial charge in [0.25, 0.3) is 0 Å². The SMILES string of the molecule is COc1cc(CC#N)c(O)cc1Cl. The van der Waals surface area contributed by atoms with Gasteiger partial charge in [0, 0.05) is 11.6 Å². The lowest BCUT2D eigenvalue weighted by Crippen LogP contribution is -1.88. The van der Waals surface area contributed by atoms with E-state index in [0.29, 0.717) is 16.3 Å². The number of aromatic hydroxyl groups is 1. The number of hydrogen-bond acceptors (Lipinski definition) is 3. The summed E-state index contributed by atoms with van der Waals surface area (Å²) in [7, 11) is 1.48. The monoisotopic (exact) mass is 197 g/mol. The summed E-state index contributed by atoms with van der Waals surface area (Å²) in [5.41, 5.74) is 0.517. The highest BCUT2D eigenvalue weighted by atomic mass is 35.5. The Morgan fingerprint density at radius 1 is 1.62 bits per heavy atom. The van der Waals surface area contributed by atoms with Crippen LogP contribution in [0.25, 0.3) is 0 Å². The van der Waals surface area contributed by atoms with E-state index in [1.54, 1.807) is 6.07 Å². The molecule has 0 bridgehead atoms. The molecule has 4 heteroatoms. The second kappa shape index (κ2) is 4.01. The quantitative estimate of drug-likeness (QED) is 0.790. The summed E-state index contributed by atoms with van der Waals surface area (Å²) in [5.74, 6) is 0.483. The second-order valence-corrected chi connectivity index (χ2v) is 2.86. The van der Waals surface area contributed by atoms with Gasteiger partial charge in [-0.1, -0.05) is 11.6 Å². The van der Waals surface area contributed by atoms with Gasteiger partial charge >= 0.3 is 0 Å². The Kier molecular flexibility index (Phi) is 2.99. The molecule has 0 saturated heterocycles. The van der Waals surface area contributed by atoms with Crippen LogP contribution in [0.15, 0.2) is 12.1 Å². The van der Waals surface area contributed by atoms with E-state index in [1.807, 2.05) is 6.07 Å². The first kappa shape index (κ1) is 9.69. The molecule has 1 N–H and O–H groups in total. The van der Waals surface area contributed by atoms with E-state index >= 15 is 0 Å². The van der Waals surface area contributed by atoms with Gasteiger partial charge < -0.3 is 9.84 Å². The molecule has 1 rings (SSSR count). The fourth-order valence-electron chi connectivity index (χ4n) is 0.968. The maximum Gasteiger partial charge on any atom is 0.138 e. The molecule has 0 aliphatic carbocycles. The third kappa shape index (κ3) is 2.04. The van der Waals surface area contributed by atoms with Crippen molar-refractivity contribution in [2.75, 3.05) is 7.11 Å². The predicted molar refractivity (Wildman–Crippen MR) is 49.0 cm³/mol. The van der Waals surface area contributed by atoms with Crippen molar-refractivity contribution < 1.29 is 9.84 Å². The van der Waals surface area contributed by atoms with Gasteiger partial charge in [0.15, 0.2) is 0 Å². The second-order valence-electron chi connectivity index (χ2n) is 2.45. The topological polar surface area (TPSA) is 53.2 Å². The Bertz CT molecular complexity index is 357. The molecule has 0 aliphatic heterocycles. The molecule has 0 saturated carbocycles. The molecule has 0 unspecified atom stereocenters. The first-order valence-electron chi connectivity index (χ1n) is 3.61. The Balaban J connectivity index is 3.16. The molecule has 3 nitrogen and oxygen atoms in total. The minimum atomic E-state index is 0.0207. The summed E-state index contributed by atoms with van der Waals surface area (Å²) in [6.07, 6.45) is 0.138. The molecule has 0 amide bonds. The van der Waals surface area contributed by atoms with Gasteiger partial charge in [-0.25, -0.2) is 0 Å². The van der Waals surface area contributed by atoms with Crippen LogP contribution in [0.1, 0.15) is 5.56 Å². The highest BCUT2D eigenvalue weighted by molar-refractivity contribution is 6.32. The van der Waals surface area contributed by atoms with E-state index < -0.39 is 0 Å².